The summed E-state index contributed by atoms with van der Waals surface area (Å²) in [5, 5.41) is 16.6. The fourth-order valence-electron chi connectivity index (χ4n) is 2.35. The van der Waals surface area contributed by atoms with Crippen molar-refractivity contribution in [1.82, 2.24) is 19.9 Å². The molecule has 0 saturated carbocycles. The highest BCUT2D eigenvalue weighted by Gasteiger charge is 2.31. The smallest absolute Gasteiger partial charge is 0.282 e. The normalized spacial score (nSPS) is 18.4. The van der Waals surface area contributed by atoms with Crippen LogP contribution in [-0.2, 0) is 17.9 Å². The number of carbonyl (C=O) groups excluding carboxylic acids is 1. The molecule has 2 rings (SSSR count). The van der Waals surface area contributed by atoms with Crippen LogP contribution < -0.4 is 0 Å². The Kier molecular flexibility index (Phi) is 4.49. The molecule has 0 spiro atoms. The largest absolute Gasteiger partial charge is 0.390 e. The van der Waals surface area contributed by atoms with Crippen molar-refractivity contribution in [3.8, 4) is 0 Å². The van der Waals surface area contributed by atoms with Gasteiger partial charge in [-0.1, -0.05) is 5.21 Å². The van der Waals surface area contributed by atoms with Crippen molar-refractivity contribution in [2.24, 2.45) is 0 Å². The summed E-state index contributed by atoms with van der Waals surface area (Å²) in [5.41, 5.74) is 0.875. The van der Waals surface area contributed by atoms with Crippen LogP contribution in [0.2, 0.25) is 0 Å². The van der Waals surface area contributed by atoms with Crippen LogP contribution in [-0.4, -0.2) is 43.5 Å². The average molecular weight is 282 g/mol. The predicted octanol–water partition coefficient (Wildman–Crippen LogP) is 1.02. The molecular formula is C13H19FN4O2. The molecule has 1 saturated heterocycles. The van der Waals surface area contributed by atoms with Gasteiger partial charge in [-0.05, 0) is 32.3 Å². The van der Waals surface area contributed by atoms with E-state index in [1.807, 2.05) is 0 Å². The third-order valence-corrected chi connectivity index (χ3v) is 3.41. The first-order valence-corrected chi connectivity index (χ1v) is 6.66. The van der Waals surface area contributed by atoms with Gasteiger partial charge in [0.2, 0.25) is 0 Å². The Labute approximate surface area is 116 Å². The monoisotopic (exact) mass is 282 g/mol. The number of carbonyl (C=O) groups is 1. The second-order valence-corrected chi connectivity index (χ2v) is 5.20. The quantitative estimate of drug-likeness (QED) is 0.837. The minimum absolute atomic E-state index is 0.0826. The Morgan fingerprint density at radius 2 is 2.30 bits per heavy atom. The van der Waals surface area contributed by atoms with E-state index in [1.54, 1.807) is 29.6 Å². The van der Waals surface area contributed by atoms with Crippen LogP contribution in [0.25, 0.3) is 0 Å². The highest BCUT2D eigenvalue weighted by Crippen LogP contribution is 2.22. The number of aliphatic hydroxyl groups excluding tert-OH is 1. The molecule has 1 aliphatic heterocycles. The van der Waals surface area contributed by atoms with Gasteiger partial charge in [0, 0.05) is 6.54 Å². The van der Waals surface area contributed by atoms with Crippen molar-refractivity contribution < 1.29 is 14.3 Å². The molecule has 2 heterocycles. The summed E-state index contributed by atoms with van der Waals surface area (Å²) in [6, 6.07) is -0.0826. The summed E-state index contributed by atoms with van der Waals surface area (Å²) in [5.74, 6) is -1.22. The maximum atomic E-state index is 13.8. The van der Waals surface area contributed by atoms with E-state index in [0.29, 0.717) is 24.4 Å². The molecule has 0 bridgehead atoms. The van der Waals surface area contributed by atoms with Crippen molar-refractivity contribution in [3.05, 3.63) is 23.3 Å². The Bertz CT molecular complexity index is 522. The molecule has 20 heavy (non-hydrogen) atoms. The summed E-state index contributed by atoms with van der Waals surface area (Å²) in [6.45, 7) is 4.03. The van der Waals surface area contributed by atoms with Crippen molar-refractivity contribution in [2.75, 3.05) is 6.54 Å². The maximum absolute atomic E-state index is 13.8. The first-order valence-electron chi connectivity index (χ1n) is 6.66. The minimum atomic E-state index is -0.675. The molecule has 1 aromatic rings. The SMILES string of the molecule is CC(C)=C(F)C(=O)N1CCC[C@H]1Cn1cc(CO)nn1. The molecule has 0 aromatic carbocycles. The van der Waals surface area contributed by atoms with Gasteiger partial charge in [0.25, 0.3) is 5.91 Å². The summed E-state index contributed by atoms with van der Waals surface area (Å²) in [4.78, 5) is 13.6. The Morgan fingerprint density at radius 3 is 2.90 bits per heavy atom. The van der Waals surface area contributed by atoms with E-state index >= 15 is 0 Å². The van der Waals surface area contributed by atoms with E-state index < -0.39 is 11.7 Å². The molecular weight excluding hydrogens is 263 g/mol. The first-order chi connectivity index (χ1) is 9.52. The van der Waals surface area contributed by atoms with Gasteiger partial charge in [-0.2, -0.15) is 0 Å². The number of aromatic nitrogens is 3. The van der Waals surface area contributed by atoms with Crippen LogP contribution in [0.15, 0.2) is 17.6 Å². The van der Waals surface area contributed by atoms with Crippen LogP contribution in [0.5, 0.6) is 0 Å². The van der Waals surface area contributed by atoms with E-state index in [4.69, 9.17) is 5.11 Å². The van der Waals surface area contributed by atoms with Gasteiger partial charge >= 0.3 is 0 Å². The standard InChI is InChI=1S/C13H19FN4O2/c1-9(2)12(14)13(20)18-5-3-4-11(18)7-17-6-10(8-19)15-16-17/h6,11,19H,3-5,7-8H2,1-2H3/t11-/m0/s1. The molecule has 1 fully saturated rings. The molecule has 1 aromatic heterocycles. The molecule has 7 heteroatoms. The Hall–Kier alpha value is -1.76. The lowest BCUT2D eigenvalue weighted by Gasteiger charge is -2.24. The van der Waals surface area contributed by atoms with Crippen LogP contribution in [0.3, 0.4) is 0 Å². The Morgan fingerprint density at radius 1 is 1.55 bits per heavy atom. The third-order valence-electron chi connectivity index (χ3n) is 3.41. The number of hydrogen-bond donors (Lipinski definition) is 1. The second kappa shape index (κ2) is 6.13. The Balaban J connectivity index is 2.07. The van der Waals surface area contributed by atoms with Crippen LogP contribution >= 0.6 is 0 Å². The molecule has 1 N–H and O–H groups in total. The van der Waals surface area contributed by atoms with Gasteiger partial charge in [-0.25, -0.2) is 4.39 Å². The minimum Gasteiger partial charge on any atom is -0.390 e. The number of amides is 1. The zero-order chi connectivity index (χ0) is 14.7. The maximum Gasteiger partial charge on any atom is 0.282 e. The van der Waals surface area contributed by atoms with E-state index in [0.717, 1.165) is 12.8 Å². The summed E-state index contributed by atoms with van der Waals surface area (Å²) >= 11 is 0. The van der Waals surface area contributed by atoms with Crippen molar-refractivity contribution in [1.29, 1.82) is 0 Å². The van der Waals surface area contributed by atoms with E-state index in [1.165, 1.54) is 0 Å². The highest BCUT2D eigenvalue weighted by atomic mass is 19.1. The summed E-state index contributed by atoms with van der Waals surface area (Å²) in [6.07, 6.45) is 3.31. The van der Waals surface area contributed by atoms with E-state index in [-0.39, 0.29) is 12.6 Å². The third kappa shape index (κ3) is 3.04. The highest BCUT2D eigenvalue weighted by molar-refractivity contribution is 5.92. The lowest BCUT2D eigenvalue weighted by Crippen LogP contribution is -2.38. The molecule has 0 unspecified atom stereocenters. The van der Waals surface area contributed by atoms with Gasteiger partial charge in [0.15, 0.2) is 5.83 Å². The van der Waals surface area contributed by atoms with Gasteiger partial charge in [0.05, 0.1) is 25.4 Å². The fourth-order valence-corrected chi connectivity index (χ4v) is 2.35. The number of aliphatic hydroxyl groups is 1. The number of nitrogens with zero attached hydrogens (tertiary/aromatic N) is 4. The number of likely N-dealkylation sites (tertiary alicyclic amines) is 1. The average Bonchev–Trinajstić information content (AvgIpc) is 3.06. The molecule has 0 aliphatic carbocycles. The predicted molar refractivity (Wildman–Crippen MR) is 70.2 cm³/mol. The van der Waals surface area contributed by atoms with Gasteiger partial charge in [-0.15, -0.1) is 5.10 Å². The summed E-state index contributed by atoms with van der Waals surface area (Å²) < 4.78 is 15.3. The van der Waals surface area contributed by atoms with Gasteiger partial charge in [-0.3, -0.25) is 9.48 Å². The molecule has 1 aliphatic rings. The number of rotatable bonds is 4. The van der Waals surface area contributed by atoms with Crippen LogP contribution in [0, 0.1) is 0 Å². The number of allylic oxidation sites excluding steroid dienone is 1. The fraction of sp³-hybridized carbons (Fsp3) is 0.615. The lowest BCUT2D eigenvalue weighted by atomic mass is 10.2. The molecule has 1 amide bonds. The van der Waals surface area contributed by atoms with Crippen molar-refractivity contribution >= 4 is 5.91 Å². The van der Waals surface area contributed by atoms with Crippen molar-refractivity contribution in [2.45, 2.75) is 45.9 Å². The van der Waals surface area contributed by atoms with Crippen LogP contribution in [0.4, 0.5) is 4.39 Å². The van der Waals surface area contributed by atoms with Crippen LogP contribution in [0.1, 0.15) is 32.4 Å². The lowest BCUT2D eigenvalue weighted by molar-refractivity contribution is -0.129. The molecule has 110 valence electrons. The molecule has 0 radical (unpaired) electrons. The number of hydrogen-bond acceptors (Lipinski definition) is 4. The second-order valence-electron chi connectivity index (χ2n) is 5.20. The molecule has 6 nitrogen and oxygen atoms in total. The van der Waals surface area contributed by atoms with E-state index in [9.17, 15) is 9.18 Å². The van der Waals surface area contributed by atoms with Crippen molar-refractivity contribution in [3.63, 3.8) is 0 Å². The topological polar surface area (TPSA) is 71.2 Å². The summed E-state index contributed by atoms with van der Waals surface area (Å²) in [7, 11) is 0. The zero-order valence-corrected chi connectivity index (χ0v) is 11.7. The van der Waals surface area contributed by atoms with Gasteiger partial charge < -0.3 is 10.0 Å². The number of halogens is 1. The van der Waals surface area contributed by atoms with E-state index in [2.05, 4.69) is 10.3 Å². The van der Waals surface area contributed by atoms with Gasteiger partial charge in [0.1, 0.15) is 5.69 Å². The zero-order valence-electron chi connectivity index (χ0n) is 11.7. The first kappa shape index (κ1) is 14.6. The molecule has 1 atom stereocenters.